The molecule has 2 aliphatic rings. The van der Waals surface area contributed by atoms with Gasteiger partial charge in [-0.3, -0.25) is 24.0 Å². The Bertz CT molecular complexity index is 1700. The molecule has 5 rings (SSSR count). The van der Waals surface area contributed by atoms with Gasteiger partial charge in [0.25, 0.3) is 11.8 Å². The number of carbonyl (C=O) groups excluding carboxylic acids is 5. The van der Waals surface area contributed by atoms with Gasteiger partial charge in [0.05, 0.1) is 33.4 Å². The van der Waals surface area contributed by atoms with E-state index < -0.39 is 41.6 Å². The number of nitrogens with one attached hydrogen (secondary N) is 4. The fourth-order valence-electron chi connectivity index (χ4n) is 5.23. The molecule has 1 aromatic heterocycles. The van der Waals surface area contributed by atoms with Crippen molar-refractivity contribution in [2.75, 3.05) is 47.0 Å². The summed E-state index contributed by atoms with van der Waals surface area (Å²) in [5, 5.41) is 13.2. The highest BCUT2D eigenvalue weighted by Gasteiger charge is 2.28. The van der Waals surface area contributed by atoms with Crippen LogP contribution >= 0.6 is 23.7 Å². The average Bonchev–Trinajstić information content (AvgIpc) is 3.63. The minimum atomic E-state index is -1.04. The number of carbonyl (C=O) groups is 5. The Morgan fingerprint density at radius 3 is 2.34 bits per heavy atom. The average molecular weight is 774 g/mol. The summed E-state index contributed by atoms with van der Waals surface area (Å²) in [7, 11) is 2.83. The SMILES string of the molecule is COc1cc2cc(OC)c1OCCCNC(=O)CN(C(=O)c1csc([C@@H](N)C(C)C)n1)CCNC(=O)[C@@H](Cc1ccccc1)NC(=O)[C@H](C)NC2=O.Cl. The number of ether oxygens (including phenoxy) is 3. The molecule has 3 heterocycles. The monoisotopic (exact) mass is 773 g/mol. The Hall–Kier alpha value is -4.93. The number of hydrogen-bond acceptors (Lipinski definition) is 11. The van der Waals surface area contributed by atoms with Gasteiger partial charge in [-0.1, -0.05) is 44.2 Å². The molecule has 17 heteroatoms. The highest BCUT2D eigenvalue weighted by Crippen LogP contribution is 2.38. The fraction of sp³-hybridized carbons (Fsp3) is 0.444. The Morgan fingerprint density at radius 1 is 1.02 bits per heavy atom. The van der Waals surface area contributed by atoms with Crippen LogP contribution in [0, 0.1) is 5.92 Å². The maximum absolute atomic E-state index is 13.7. The van der Waals surface area contributed by atoms with Crippen molar-refractivity contribution in [3.8, 4) is 17.2 Å². The quantitative estimate of drug-likeness (QED) is 0.222. The summed E-state index contributed by atoms with van der Waals surface area (Å²) in [6.45, 7) is 5.45. The van der Waals surface area contributed by atoms with Crippen molar-refractivity contribution in [3.63, 3.8) is 0 Å². The molecule has 2 aliphatic heterocycles. The second-order valence-electron chi connectivity index (χ2n) is 12.6. The van der Waals surface area contributed by atoms with Gasteiger partial charge in [0.2, 0.25) is 23.5 Å². The molecule has 0 spiro atoms. The molecule has 5 amide bonds. The van der Waals surface area contributed by atoms with Gasteiger partial charge in [-0.15, -0.1) is 23.7 Å². The number of methoxy groups -OCH3 is 2. The highest BCUT2D eigenvalue weighted by atomic mass is 35.5. The van der Waals surface area contributed by atoms with E-state index in [2.05, 4.69) is 26.3 Å². The number of aromatic nitrogens is 1. The van der Waals surface area contributed by atoms with Crippen LogP contribution in [0.15, 0.2) is 47.8 Å². The Morgan fingerprint density at radius 2 is 1.70 bits per heavy atom. The van der Waals surface area contributed by atoms with Crippen molar-refractivity contribution < 1.29 is 38.2 Å². The number of halogens is 1. The Balaban J connectivity index is 0.00000756. The summed E-state index contributed by atoms with van der Waals surface area (Å²) in [6, 6.07) is 9.62. The zero-order valence-corrected chi connectivity index (χ0v) is 32.1. The number of amides is 5. The van der Waals surface area contributed by atoms with E-state index in [1.54, 1.807) is 5.38 Å². The Labute approximate surface area is 319 Å². The van der Waals surface area contributed by atoms with Crippen molar-refractivity contribution in [1.82, 2.24) is 31.2 Å². The van der Waals surface area contributed by atoms with Gasteiger partial charge < -0.3 is 46.1 Å². The molecule has 0 saturated heterocycles. The van der Waals surface area contributed by atoms with Gasteiger partial charge in [-0.05, 0) is 37.0 Å². The van der Waals surface area contributed by atoms with Gasteiger partial charge in [0.1, 0.15) is 22.8 Å². The van der Waals surface area contributed by atoms with Crippen LogP contribution < -0.4 is 41.2 Å². The van der Waals surface area contributed by atoms with E-state index in [0.717, 1.165) is 5.56 Å². The molecular weight excluding hydrogens is 726 g/mol. The second kappa shape index (κ2) is 20.3. The van der Waals surface area contributed by atoms with Crippen LogP contribution in [-0.4, -0.2) is 98.5 Å². The zero-order valence-electron chi connectivity index (χ0n) is 30.4. The topological polar surface area (TPSA) is 203 Å². The van der Waals surface area contributed by atoms with Gasteiger partial charge in [0.15, 0.2) is 11.5 Å². The molecule has 3 atom stereocenters. The number of benzene rings is 2. The molecule has 0 saturated carbocycles. The number of fused-ring (bicyclic) bond motifs is 19. The van der Waals surface area contributed by atoms with Crippen molar-refractivity contribution in [2.45, 2.75) is 51.7 Å². The number of nitrogens with two attached hydrogens (primary N) is 1. The molecule has 6 N–H and O–H groups in total. The first-order valence-electron chi connectivity index (χ1n) is 17.0. The standard InChI is InChI=1S/C36H47N7O8S.ClH/c1-21(2)30(37)35-42-26(20-52-35)36(48)43-14-13-39-34(47)25(16-23-10-7-6-8-11-23)41-32(45)22(3)40-33(46)24-17-27(49-4)31(28(18-24)50-5)51-15-9-12-38-29(44)19-43;/h6-8,10-11,17-18,20-22,25,30H,9,12-16,19,37H2,1-5H3,(H,38,44)(H,39,47)(H,40,46)(H,41,45);1H/t22-,25+,30-;/m0./s1. The molecule has 15 nitrogen and oxygen atoms in total. The third-order valence-corrected chi connectivity index (χ3v) is 9.26. The molecular formula is C36H48ClN7O8S. The minimum absolute atomic E-state index is 0. The summed E-state index contributed by atoms with van der Waals surface area (Å²) in [5.41, 5.74) is 7.35. The third kappa shape index (κ3) is 11.8. The molecule has 53 heavy (non-hydrogen) atoms. The summed E-state index contributed by atoms with van der Waals surface area (Å²) < 4.78 is 16.9. The van der Waals surface area contributed by atoms with Gasteiger partial charge in [-0.25, -0.2) is 4.98 Å². The number of rotatable bonds is 7. The minimum Gasteiger partial charge on any atom is -0.493 e. The van der Waals surface area contributed by atoms with Crippen molar-refractivity contribution >= 4 is 53.3 Å². The van der Waals surface area contributed by atoms with Crippen molar-refractivity contribution in [1.29, 1.82) is 0 Å². The smallest absolute Gasteiger partial charge is 0.273 e. The van der Waals surface area contributed by atoms with E-state index in [9.17, 15) is 24.0 Å². The van der Waals surface area contributed by atoms with E-state index in [1.165, 1.54) is 49.5 Å². The molecule has 0 unspecified atom stereocenters. The first kappa shape index (κ1) is 42.5. The molecule has 2 aromatic carbocycles. The maximum Gasteiger partial charge on any atom is 0.273 e. The van der Waals surface area contributed by atoms with Crippen LogP contribution in [0.25, 0.3) is 0 Å². The summed E-state index contributed by atoms with van der Waals surface area (Å²) in [5.74, 6) is -1.82. The van der Waals surface area contributed by atoms with Gasteiger partial charge in [0, 0.05) is 37.0 Å². The van der Waals surface area contributed by atoms with Gasteiger partial charge >= 0.3 is 0 Å². The molecule has 2 bridgehead atoms. The summed E-state index contributed by atoms with van der Waals surface area (Å²) in [6.07, 6.45) is 0.542. The van der Waals surface area contributed by atoms with Crippen molar-refractivity contribution in [3.05, 3.63) is 69.7 Å². The molecule has 0 aliphatic carbocycles. The lowest BCUT2D eigenvalue weighted by atomic mass is 10.0. The van der Waals surface area contributed by atoms with E-state index in [4.69, 9.17) is 19.9 Å². The van der Waals surface area contributed by atoms with E-state index in [-0.39, 0.29) is 92.1 Å². The van der Waals surface area contributed by atoms with Crippen LogP contribution in [0.5, 0.6) is 17.2 Å². The van der Waals surface area contributed by atoms with Crippen LogP contribution in [0.3, 0.4) is 0 Å². The van der Waals surface area contributed by atoms with Gasteiger partial charge in [-0.2, -0.15) is 0 Å². The van der Waals surface area contributed by atoms with Crippen LogP contribution in [0.1, 0.15) is 64.7 Å². The molecule has 288 valence electrons. The van der Waals surface area contributed by atoms with E-state index in [0.29, 0.717) is 11.4 Å². The lowest BCUT2D eigenvalue weighted by molar-refractivity contribution is -0.129. The number of thiazole rings is 1. The van der Waals surface area contributed by atoms with E-state index >= 15 is 0 Å². The predicted octanol–water partition coefficient (Wildman–Crippen LogP) is 2.24. The molecule has 0 radical (unpaired) electrons. The normalized spacial score (nSPS) is 18.5. The van der Waals surface area contributed by atoms with Crippen LogP contribution in [-0.2, 0) is 20.8 Å². The van der Waals surface area contributed by atoms with Crippen LogP contribution in [0.4, 0.5) is 0 Å². The fourth-order valence-corrected chi connectivity index (χ4v) is 6.20. The van der Waals surface area contributed by atoms with Crippen LogP contribution in [0.2, 0.25) is 0 Å². The van der Waals surface area contributed by atoms with E-state index in [1.807, 2.05) is 44.2 Å². The van der Waals surface area contributed by atoms with Crippen molar-refractivity contribution in [2.24, 2.45) is 11.7 Å². The lowest BCUT2D eigenvalue weighted by Gasteiger charge is -2.24. The third-order valence-electron chi connectivity index (χ3n) is 8.32. The first-order chi connectivity index (χ1) is 24.9. The summed E-state index contributed by atoms with van der Waals surface area (Å²) >= 11 is 1.27. The lowest BCUT2D eigenvalue weighted by Crippen LogP contribution is -2.54. The highest BCUT2D eigenvalue weighted by molar-refractivity contribution is 7.09. The predicted molar refractivity (Wildman–Crippen MR) is 202 cm³/mol. The summed E-state index contributed by atoms with van der Waals surface area (Å²) in [4.78, 5) is 72.8. The Kier molecular flexibility index (Phi) is 16.3. The molecule has 0 fully saturated rings. The number of nitrogens with zero attached hydrogens (tertiary/aromatic N) is 2. The number of hydrogen-bond donors (Lipinski definition) is 5. The largest absolute Gasteiger partial charge is 0.493 e. The zero-order chi connectivity index (χ0) is 37.8. The second-order valence-corrected chi connectivity index (χ2v) is 13.5. The molecule has 3 aromatic rings. The first-order valence-corrected chi connectivity index (χ1v) is 17.9. The maximum atomic E-state index is 13.7.